The number of benzene rings is 2. The quantitative estimate of drug-likeness (QED) is 0.435. The van der Waals surface area contributed by atoms with Crippen molar-refractivity contribution in [1.82, 2.24) is 14.5 Å². The summed E-state index contributed by atoms with van der Waals surface area (Å²) >= 11 is 0. The van der Waals surface area contributed by atoms with Gasteiger partial charge in [-0.15, -0.1) is 0 Å². The molecule has 1 aliphatic rings. The first-order chi connectivity index (χ1) is 16.6. The number of hydrogen-bond acceptors (Lipinski definition) is 3. The Morgan fingerprint density at radius 1 is 1.03 bits per heavy atom. The molecule has 2 amide bonds. The van der Waals surface area contributed by atoms with Gasteiger partial charge in [-0.05, 0) is 54.7 Å². The van der Waals surface area contributed by atoms with Gasteiger partial charge in [0.2, 0.25) is 0 Å². The largest absolute Gasteiger partial charge is 0.416 e. The van der Waals surface area contributed by atoms with Crippen LogP contribution in [0.1, 0.15) is 50.6 Å². The van der Waals surface area contributed by atoms with Crippen LogP contribution in [0.25, 0.3) is 5.69 Å². The Labute approximate surface area is 199 Å². The van der Waals surface area contributed by atoms with Crippen LogP contribution in [0.4, 0.5) is 13.2 Å². The van der Waals surface area contributed by atoms with Crippen LogP contribution in [0, 0.1) is 0 Å². The van der Waals surface area contributed by atoms with Crippen molar-refractivity contribution in [2.45, 2.75) is 24.9 Å². The van der Waals surface area contributed by atoms with Crippen LogP contribution in [-0.4, -0.2) is 45.3 Å². The molecular formula is C24H23F3N6O2. The molecule has 0 spiro atoms. The Hall–Kier alpha value is -4.15. The smallest absolute Gasteiger partial charge is 0.370 e. The van der Waals surface area contributed by atoms with Crippen LogP contribution in [-0.2, 0) is 6.18 Å². The van der Waals surface area contributed by atoms with Crippen molar-refractivity contribution in [2.75, 3.05) is 13.1 Å². The molecule has 0 atom stereocenters. The Balaban J connectivity index is 1.50. The van der Waals surface area contributed by atoms with Gasteiger partial charge in [0.25, 0.3) is 11.8 Å². The van der Waals surface area contributed by atoms with Crippen molar-refractivity contribution in [1.29, 1.82) is 0 Å². The molecular weight excluding hydrogens is 461 g/mol. The van der Waals surface area contributed by atoms with E-state index in [-0.39, 0.29) is 17.0 Å². The van der Waals surface area contributed by atoms with Crippen molar-refractivity contribution in [3.05, 3.63) is 83.4 Å². The van der Waals surface area contributed by atoms with Gasteiger partial charge in [-0.25, -0.2) is 4.98 Å². The fourth-order valence-electron chi connectivity index (χ4n) is 4.26. The fraction of sp³-hybridized carbons (Fsp3) is 0.250. The highest BCUT2D eigenvalue weighted by molar-refractivity contribution is 6.02. The number of halogens is 3. The molecule has 1 fully saturated rings. The summed E-state index contributed by atoms with van der Waals surface area (Å²) in [6.07, 6.45) is 1.09. The zero-order valence-electron chi connectivity index (χ0n) is 18.6. The number of aromatic nitrogens is 2. The van der Waals surface area contributed by atoms with Gasteiger partial charge in [0, 0.05) is 42.3 Å². The Morgan fingerprint density at radius 3 is 2.40 bits per heavy atom. The van der Waals surface area contributed by atoms with Crippen molar-refractivity contribution in [3.63, 3.8) is 0 Å². The zero-order valence-corrected chi connectivity index (χ0v) is 18.6. The molecule has 2 heterocycles. The maximum atomic E-state index is 13.8. The van der Waals surface area contributed by atoms with E-state index in [0.29, 0.717) is 31.5 Å². The molecule has 0 unspecified atom stereocenters. The number of nitrogens with zero attached hydrogens (tertiary/aromatic N) is 4. The molecule has 2 aromatic carbocycles. The van der Waals surface area contributed by atoms with E-state index >= 15 is 0 Å². The number of likely N-dealkylation sites (tertiary alicyclic amines) is 1. The molecule has 8 nitrogen and oxygen atoms in total. The van der Waals surface area contributed by atoms with Gasteiger partial charge < -0.3 is 20.9 Å². The average molecular weight is 484 g/mol. The highest BCUT2D eigenvalue weighted by atomic mass is 19.4. The zero-order chi connectivity index (χ0) is 25.2. The number of guanidine groups is 1. The predicted octanol–water partition coefficient (Wildman–Crippen LogP) is 3.32. The number of piperidine rings is 1. The van der Waals surface area contributed by atoms with Gasteiger partial charge >= 0.3 is 6.18 Å². The van der Waals surface area contributed by atoms with Crippen LogP contribution in [0.3, 0.4) is 0 Å². The third-order valence-electron chi connectivity index (χ3n) is 5.95. The summed E-state index contributed by atoms with van der Waals surface area (Å²) in [5.74, 6) is -2.07. The molecule has 35 heavy (non-hydrogen) atoms. The molecule has 1 aliphatic heterocycles. The predicted molar refractivity (Wildman–Crippen MR) is 123 cm³/mol. The van der Waals surface area contributed by atoms with Gasteiger partial charge in [-0.3, -0.25) is 9.59 Å². The third kappa shape index (κ3) is 5.34. The minimum absolute atomic E-state index is 0.0907. The van der Waals surface area contributed by atoms with Gasteiger partial charge in [-0.2, -0.15) is 18.2 Å². The lowest BCUT2D eigenvalue weighted by Crippen LogP contribution is -2.38. The number of carbonyl (C=O) groups excluding carboxylic acids is 2. The first-order valence-electron chi connectivity index (χ1n) is 10.9. The van der Waals surface area contributed by atoms with Crippen molar-refractivity contribution in [3.8, 4) is 5.69 Å². The minimum atomic E-state index is -4.66. The number of amides is 2. The average Bonchev–Trinajstić information content (AvgIpc) is 3.38. The molecule has 0 bridgehead atoms. The standard InChI is InChI=1S/C24H23F3N6O2/c25-24(26,27)20-13-16(21(34)31-23(28)29)4-5-19(20)15-6-9-32(10-7-15)22(35)17-2-1-3-18(12-17)33-11-8-30-14-33/h1-5,8,11-15H,6-7,9-10H2,(H4,28,29,31,34). The van der Waals surface area contributed by atoms with Crippen LogP contribution >= 0.6 is 0 Å². The molecule has 3 aromatic rings. The molecule has 0 saturated carbocycles. The van der Waals surface area contributed by atoms with Crippen LogP contribution in [0.2, 0.25) is 0 Å². The first-order valence-corrected chi connectivity index (χ1v) is 10.9. The number of imidazole rings is 1. The monoisotopic (exact) mass is 484 g/mol. The molecule has 182 valence electrons. The Bertz CT molecular complexity index is 1260. The van der Waals surface area contributed by atoms with Crippen LogP contribution in [0.15, 0.2) is 66.2 Å². The van der Waals surface area contributed by atoms with E-state index in [4.69, 9.17) is 11.5 Å². The van der Waals surface area contributed by atoms with E-state index in [2.05, 4.69) is 9.98 Å². The number of hydrogen-bond donors (Lipinski definition) is 2. The lowest BCUT2D eigenvalue weighted by Gasteiger charge is -2.33. The normalized spacial score (nSPS) is 14.5. The van der Waals surface area contributed by atoms with Crippen molar-refractivity contribution in [2.24, 2.45) is 16.5 Å². The van der Waals surface area contributed by atoms with E-state index in [1.54, 1.807) is 46.4 Å². The number of rotatable bonds is 4. The van der Waals surface area contributed by atoms with E-state index < -0.39 is 29.5 Å². The van der Waals surface area contributed by atoms with Crippen molar-refractivity contribution >= 4 is 17.8 Å². The SMILES string of the molecule is NC(N)=NC(=O)c1ccc(C2CCN(C(=O)c3cccc(-n4ccnc4)c3)CC2)c(C(F)(F)F)c1. The lowest BCUT2D eigenvalue weighted by molar-refractivity contribution is -0.138. The summed E-state index contributed by atoms with van der Waals surface area (Å²) in [6, 6.07) is 10.5. The Kier molecular flexibility index (Phi) is 6.59. The maximum absolute atomic E-state index is 13.8. The number of alkyl halides is 3. The second-order valence-corrected chi connectivity index (χ2v) is 8.23. The van der Waals surface area contributed by atoms with Crippen LogP contribution in [0.5, 0.6) is 0 Å². The van der Waals surface area contributed by atoms with Gasteiger partial charge in [0.1, 0.15) is 0 Å². The third-order valence-corrected chi connectivity index (χ3v) is 5.95. The summed E-state index contributed by atoms with van der Waals surface area (Å²) in [4.78, 5) is 34.0. The van der Waals surface area contributed by atoms with E-state index in [1.807, 2.05) is 6.07 Å². The van der Waals surface area contributed by atoms with Gasteiger partial charge in [0.15, 0.2) is 5.96 Å². The summed E-state index contributed by atoms with van der Waals surface area (Å²) in [5.41, 5.74) is 10.5. The van der Waals surface area contributed by atoms with Crippen molar-refractivity contribution < 1.29 is 22.8 Å². The fourth-order valence-corrected chi connectivity index (χ4v) is 4.26. The van der Waals surface area contributed by atoms with E-state index in [9.17, 15) is 22.8 Å². The van der Waals surface area contributed by atoms with Gasteiger partial charge in [0.05, 0.1) is 11.9 Å². The Morgan fingerprint density at radius 2 is 1.77 bits per heavy atom. The minimum Gasteiger partial charge on any atom is -0.370 e. The summed E-state index contributed by atoms with van der Waals surface area (Å²) in [5, 5.41) is 0. The van der Waals surface area contributed by atoms with Gasteiger partial charge in [-0.1, -0.05) is 12.1 Å². The first kappa shape index (κ1) is 24.0. The molecule has 1 aromatic heterocycles. The second-order valence-electron chi connectivity index (χ2n) is 8.23. The van der Waals surface area contributed by atoms with E-state index in [1.165, 1.54) is 12.1 Å². The molecule has 4 N–H and O–H groups in total. The highest BCUT2D eigenvalue weighted by Gasteiger charge is 2.37. The topological polar surface area (TPSA) is 120 Å². The molecule has 0 aliphatic carbocycles. The second kappa shape index (κ2) is 9.61. The van der Waals surface area contributed by atoms with Crippen LogP contribution < -0.4 is 11.5 Å². The number of nitrogens with two attached hydrogens (primary N) is 2. The lowest BCUT2D eigenvalue weighted by atomic mass is 9.85. The molecule has 11 heteroatoms. The summed E-state index contributed by atoms with van der Waals surface area (Å²) < 4.78 is 43.2. The number of aliphatic imine (C=N–C) groups is 1. The number of carbonyl (C=O) groups is 2. The van der Waals surface area contributed by atoms with E-state index in [0.717, 1.165) is 11.8 Å². The molecule has 0 radical (unpaired) electrons. The highest BCUT2D eigenvalue weighted by Crippen LogP contribution is 2.39. The molecule has 4 rings (SSSR count). The maximum Gasteiger partial charge on any atom is 0.416 e. The summed E-state index contributed by atoms with van der Waals surface area (Å²) in [6.45, 7) is 0.621. The summed E-state index contributed by atoms with van der Waals surface area (Å²) in [7, 11) is 0. The molecule has 1 saturated heterocycles.